The average molecular weight is 315 g/mol. The van der Waals surface area contributed by atoms with E-state index >= 15 is 0 Å². The molecule has 2 heterocycles. The number of carbonyl (C=O) groups excluding carboxylic acids is 1. The van der Waals surface area contributed by atoms with E-state index < -0.39 is 5.91 Å². The summed E-state index contributed by atoms with van der Waals surface area (Å²) in [5.41, 5.74) is 8.16. The Labute approximate surface area is 137 Å². The maximum atomic E-state index is 11.9. The summed E-state index contributed by atoms with van der Waals surface area (Å²) in [5.74, 6) is 0.269. The van der Waals surface area contributed by atoms with Crippen LogP contribution < -0.4 is 10.6 Å². The van der Waals surface area contributed by atoms with Crippen LogP contribution in [0.25, 0.3) is 0 Å². The van der Waals surface area contributed by atoms with Crippen molar-refractivity contribution in [2.75, 3.05) is 24.6 Å². The highest BCUT2D eigenvalue weighted by molar-refractivity contribution is 5.98. The van der Waals surface area contributed by atoms with Crippen LogP contribution in [0.5, 0.6) is 0 Å². The maximum absolute atomic E-state index is 11.9. The van der Waals surface area contributed by atoms with Gasteiger partial charge < -0.3 is 15.7 Å². The van der Waals surface area contributed by atoms with Gasteiger partial charge in [-0.3, -0.25) is 4.79 Å². The van der Waals surface area contributed by atoms with Gasteiger partial charge in [0.1, 0.15) is 5.82 Å². The third kappa shape index (κ3) is 2.98. The van der Waals surface area contributed by atoms with Gasteiger partial charge >= 0.3 is 0 Å². The van der Waals surface area contributed by atoms with E-state index in [2.05, 4.69) is 11.5 Å². The molecular formula is C18H25N3O2. The second-order valence-electron chi connectivity index (χ2n) is 6.86. The summed E-state index contributed by atoms with van der Waals surface area (Å²) in [6.45, 7) is 5.46. The lowest BCUT2D eigenvalue weighted by molar-refractivity contribution is 0.0996. The molecule has 2 aliphatic rings. The molecule has 0 bridgehead atoms. The number of rotatable bonds is 5. The number of hydrogen-bond donors (Lipinski definition) is 2. The molecule has 0 unspecified atom stereocenters. The van der Waals surface area contributed by atoms with Gasteiger partial charge in [0, 0.05) is 24.2 Å². The van der Waals surface area contributed by atoms with Crippen molar-refractivity contribution in [1.29, 1.82) is 0 Å². The van der Waals surface area contributed by atoms with E-state index in [4.69, 9.17) is 10.7 Å². The van der Waals surface area contributed by atoms with Gasteiger partial charge in [-0.1, -0.05) is 6.08 Å². The van der Waals surface area contributed by atoms with Crippen LogP contribution in [0.2, 0.25) is 0 Å². The summed E-state index contributed by atoms with van der Waals surface area (Å²) in [6.07, 6.45) is 7.57. The van der Waals surface area contributed by atoms with Crippen LogP contribution >= 0.6 is 0 Å². The predicted molar refractivity (Wildman–Crippen MR) is 90.6 cm³/mol. The fourth-order valence-corrected chi connectivity index (χ4v) is 3.94. The van der Waals surface area contributed by atoms with Gasteiger partial charge in [0.05, 0.1) is 12.2 Å². The van der Waals surface area contributed by atoms with Gasteiger partial charge in [-0.25, -0.2) is 4.98 Å². The molecule has 5 heteroatoms. The van der Waals surface area contributed by atoms with Gasteiger partial charge in [-0.05, 0) is 50.2 Å². The number of nitrogens with zero attached hydrogens (tertiary/aromatic N) is 2. The van der Waals surface area contributed by atoms with Crippen molar-refractivity contribution < 1.29 is 9.90 Å². The van der Waals surface area contributed by atoms with E-state index in [9.17, 15) is 9.90 Å². The molecular weight excluding hydrogens is 290 g/mol. The van der Waals surface area contributed by atoms with Crippen molar-refractivity contribution in [3.8, 4) is 0 Å². The number of carbonyl (C=O) groups is 1. The number of aliphatic hydroxyl groups excluding tert-OH is 1. The molecule has 3 rings (SSSR count). The Morgan fingerprint density at radius 1 is 1.48 bits per heavy atom. The Kier molecular flexibility index (Phi) is 4.39. The monoisotopic (exact) mass is 315 g/mol. The molecule has 0 saturated carbocycles. The Balaban J connectivity index is 1.97. The summed E-state index contributed by atoms with van der Waals surface area (Å²) in [5, 5.41) is 9.88. The van der Waals surface area contributed by atoms with E-state index in [1.165, 1.54) is 0 Å². The molecule has 3 N–H and O–H groups in total. The first-order valence-corrected chi connectivity index (χ1v) is 8.38. The summed E-state index contributed by atoms with van der Waals surface area (Å²) in [4.78, 5) is 18.8. The van der Waals surface area contributed by atoms with Crippen LogP contribution in [0.3, 0.4) is 0 Å². The number of nitrogens with two attached hydrogens (primary N) is 1. The van der Waals surface area contributed by atoms with Crippen LogP contribution in [0, 0.1) is 5.41 Å². The average Bonchev–Trinajstić information content (AvgIpc) is 3.01. The molecule has 1 amide bonds. The molecule has 1 aromatic heterocycles. The van der Waals surface area contributed by atoms with Crippen molar-refractivity contribution in [3.05, 3.63) is 35.5 Å². The Morgan fingerprint density at radius 3 is 3.00 bits per heavy atom. The van der Waals surface area contributed by atoms with Crippen LogP contribution in [0.1, 0.15) is 47.3 Å². The number of allylic oxidation sites excluding steroid dienone is 1. The largest absolute Gasteiger partial charge is 0.396 e. The van der Waals surface area contributed by atoms with E-state index in [-0.39, 0.29) is 12.0 Å². The van der Waals surface area contributed by atoms with Crippen molar-refractivity contribution in [1.82, 2.24) is 4.98 Å². The Bertz CT molecular complexity index is 629. The van der Waals surface area contributed by atoms with Crippen LogP contribution in [-0.4, -0.2) is 35.7 Å². The molecule has 0 aromatic carbocycles. The quantitative estimate of drug-likeness (QED) is 0.812. The van der Waals surface area contributed by atoms with Crippen molar-refractivity contribution >= 4 is 11.7 Å². The number of aliphatic hydroxyl groups is 1. The number of aromatic nitrogens is 1. The number of amides is 1. The third-order valence-corrected chi connectivity index (χ3v) is 5.17. The van der Waals surface area contributed by atoms with Gasteiger partial charge in [0.25, 0.3) is 5.91 Å². The number of primary amides is 1. The van der Waals surface area contributed by atoms with Gasteiger partial charge in [0.15, 0.2) is 0 Å². The molecule has 1 aromatic rings. The predicted octanol–water partition coefficient (Wildman–Crippen LogP) is 1.82. The van der Waals surface area contributed by atoms with E-state index in [0.717, 1.165) is 56.3 Å². The van der Waals surface area contributed by atoms with E-state index in [1.807, 2.05) is 12.1 Å². The minimum atomic E-state index is -0.425. The maximum Gasteiger partial charge on any atom is 0.252 e. The first-order valence-electron chi connectivity index (χ1n) is 8.38. The zero-order valence-corrected chi connectivity index (χ0v) is 13.6. The molecule has 0 radical (unpaired) electrons. The summed E-state index contributed by atoms with van der Waals surface area (Å²) >= 11 is 0. The number of fused-ring (bicyclic) bond motifs is 1. The highest BCUT2D eigenvalue weighted by atomic mass is 16.3. The highest BCUT2D eigenvalue weighted by Gasteiger charge is 2.36. The number of hydrogen-bond acceptors (Lipinski definition) is 4. The number of anilines is 1. The fourth-order valence-electron chi connectivity index (χ4n) is 3.94. The topological polar surface area (TPSA) is 79.4 Å². The molecule has 1 fully saturated rings. The fraction of sp³-hybridized carbons (Fsp3) is 0.556. The molecule has 1 atom stereocenters. The zero-order valence-electron chi connectivity index (χ0n) is 13.6. The second-order valence-corrected chi connectivity index (χ2v) is 6.86. The lowest BCUT2D eigenvalue weighted by atomic mass is 9.77. The molecule has 1 saturated heterocycles. The zero-order chi connectivity index (χ0) is 16.4. The SMILES string of the molecule is C=CC[C@@]1(CO)CCCN(c2nc3c(cc2C(N)=O)CCC3)C1. The summed E-state index contributed by atoms with van der Waals surface area (Å²) in [6, 6.07) is 1.93. The minimum Gasteiger partial charge on any atom is -0.396 e. The molecule has 124 valence electrons. The van der Waals surface area contributed by atoms with Gasteiger partial charge in [-0.15, -0.1) is 6.58 Å². The summed E-state index contributed by atoms with van der Waals surface area (Å²) in [7, 11) is 0. The lowest BCUT2D eigenvalue weighted by Gasteiger charge is -2.42. The van der Waals surface area contributed by atoms with E-state index in [0.29, 0.717) is 17.9 Å². The van der Waals surface area contributed by atoms with Gasteiger partial charge in [0.2, 0.25) is 0 Å². The third-order valence-electron chi connectivity index (χ3n) is 5.17. The number of piperidine rings is 1. The Hall–Kier alpha value is -1.88. The van der Waals surface area contributed by atoms with Crippen molar-refractivity contribution in [2.45, 2.75) is 38.5 Å². The first-order chi connectivity index (χ1) is 11.1. The van der Waals surface area contributed by atoms with Crippen LogP contribution in [0.4, 0.5) is 5.82 Å². The van der Waals surface area contributed by atoms with Gasteiger partial charge in [-0.2, -0.15) is 0 Å². The summed E-state index contributed by atoms with van der Waals surface area (Å²) < 4.78 is 0. The molecule has 1 aliphatic heterocycles. The normalized spacial score (nSPS) is 23.6. The highest BCUT2D eigenvalue weighted by Crippen LogP contribution is 2.37. The smallest absolute Gasteiger partial charge is 0.252 e. The lowest BCUT2D eigenvalue weighted by Crippen LogP contribution is -2.46. The van der Waals surface area contributed by atoms with E-state index in [1.54, 1.807) is 0 Å². The number of pyridine rings is 1. The molecule has 5 nitrogen and oxygen atoms in total. The van der Waals surface area contributed by atoms with Crippen LogP contribution in [-0.2, 0) is 12.8 Å². The molecule has 0 spiro atoms. The standard InChI is InChI=1S/C18H25N3O2/c1-2-7-18(12-22)8-4-9-21(11-18)17-14(16(19)23)10-13-5-3-6-15(13)20-17/h2,10,22H,1,3-9,11-12H2,(H2,19,23)/t18-/m1/s1. The molecule has 1 aliphatic carbocycles. The van der Waals surface area contributed by atoms with Crippen LogP contribution in [0.15, 0.2) is 18.7 Å². The first kappa shape index (κ1) is 16.0. The molecule has 23 heavy (non-hydrogen) atoms. The Morgan fingerprint density at radius 2 is 2.30 bits per heavy atom. The van der Waals surface area contributed by atoms with Crippen molar-refractivity contribution in [2.24, 2.45) is 11.1 Å². The second kappa shape index (κ2) is 6.32. The number of aryl methyl sites for hydroxylation is 2. The minimum absolute atomic E-state index is 0.117. The van der Waals surface area contributed by atoms with Crippen molar-refractivity contribution in [3.63, 3.8) is 0 Å².